The lowest BCUT2D eigenvalue weighted by Crippen LogP contribution is -2.18. The second kappa shape index (κ2) is 10.7. The van der Waals surface area contributed by atoms with E-state index >= 15 is 0 Å². The number of pyridine rings is 1. The fourth-order valence-corrected chi connectivity index (χ4v) is 4.24. The number of rotatable bonds is 2. The van der Waals surface area contributed by atoms with Crippen molar-refractivity contribution >= 4 is 33.4 Å². The summed E-state index contributed by atoms with van der Waals surface area (Å²) in [6.45, 7) is 9.78. The van der Waals surface area contributed by atoms with Gasteiger partial charge in [-0.15, -0.1) is 0 Å². The normalized spacial score (nSPS) is 19.3. The molecule has 3 rings (SSSR count). The van der Waals surface area contributed by atoms with Gasteiger partial charge in [-0.2, -0.15) is 4.98 Å². The van der Waals surface area contributed by atoms with Crippen molar-refractivity contribution in [1.82, 2.24) is 15.0 Å². The fraction of sp³-hybridized carbons (Fsp3) is 0.611. The van der Waals surface area contributed by atoms with E-state index in [4.69, 9.17) is 16.3 Å². The van der Waals surface area contributed by atoms with Gasteiger partial charge in [-0.1, -0.05) is 39.3 Å². The van der Waals surface area contributed by atoms with Gasteiger partial charge in [0, 0.05) is 27.9 Å². The number of aryl methyl sites for hydroxylation is 1. The number of ether oxygens (including phenoxy) is 1. The molecule has 140 valence electrons. The highest BCUT2D eigenvalue weighted by Gasteiger charge is 2.24. The Hall–Kier alpha value is -1.27. The van der Waals surface area contributed by atoms with E-state index in [9.17, 15) is 4.21 Å². The second-order valence-electron chi connectivity index (χ2n) is 5.14. The summed E-state index contributed by atoms with van der Waals surface area (Å²) in [6, 6.07) is 1.97. The molecule has 3 heterocycles. The minimum absolute atomic E-state index is 0.298. The van der Waals surface area contributed by atoms with E-state index in [1.165, 1.54) is 0 Å². The van der Waals surface area contributed by atoms with Crippen LogP contribution in [0, 0.1) is 6.92 Å². The molecule has 2 aromatic rings. The van der Waals surface area contributed by atoms with Gasteiger partial charge in [0.05, 0.1) is 12.5 Å². The van der Waals surface area contributed by atoms with Gasteiger partial charge in [0.1, 0.15) is 11.0 Å². The van der Waals surface area contributed by atoms with Crippen molar-refractivity contribution in [2.24, 2.45) is 0 Å². The molecule has 0 bridgehead atoms. The number of methoxy groups -OCH3 is 1. The van der Waals surface area contributed by atoms with Crippen LogP contribution in [0.1, 0.15) is 57.8 Å². The molecule has 5 nitrogen and oxygen atoms in total. The van der Waals surface area contributed by atoms with Crippen LogP contribution in [0.3, 0.4) is 0 Å². The molecule has 1 fully saturated rings. The van der Waals surface area contributed by atoms with Crippen LogP contribution < -0.4 is 4.74 Å². The number of hydrogen-bond acceptors (Lipinski definition) is 5. The molecule has 0 spiro atoms. The zero-order valence-corrected chi connectivity index (χ0v) is 17.5. The summed E-state index contributed by atoms with van der Waals surface area (Å²) in [5.74, 6) is 2.91. The molecule has 25 heavy (non-hydrogen) atoms. The third-order valence-corrected chi connectivity index (χ3v) is 5.44. The predicted molar refractivity (Wildman–Crippen MR) is 106 cm³/mol. The van der Waals surface area contributed by atoms with Crippen LogP contribution in [0.2, 0.25) is 5.15 Å². The van der Waals surface area contributed by atoms with Gasteiger partial charge < -0.3 is 4.74 Å². The first kappa shape index (κ1) is 21.8. The molecule has 1 saturated heterocycles. The minimum atomic E-state index is -0.690. The third kappa shape index (κ3) is 5.35. The summed E-state index contributed by atoms with van der Waals surface area (Å²) in [4.78, 5) is 13.0. The maximum Gasteiger partial charge on any atom is 0.218 e. The molecule has 0 unspecified atom stereocenters. The Balaban J connectivity index is 0.000000730. The number of aromatic nitrogens is 3. The molecular weight excluding hydrogens is 358 g/mol. The Morgan fingerprint density at radius 3 is 2.28 bits per heavy atom. The Bertz CT molecular complexity index is 715. The summed E-state index contributed by atoms with van der Waals surface area (Å²) in [5, 5.41) is 1.15. The van der Waals surface area contributed by atoms with Gasteiger partial charge in [-0.3, -0.25) is 4.21 Å². The lowest BCUT2D eigenvalue weighted by molar-refractivity contribution is 0.387. The summed E-state index contributed by atoms with van der Waals surface area (Å²) >= 11 is 6.21. The maximum absolute atomic E-state index is 11.5. The lowest BCUT2D eigenvalue weighted by atomic mass is 9.93. The summed E-state index contributed by atoms with van der Waals surface area (Å²) in [7, 11) is 0.916. The van der Waals surface area contributed by atoms with E-state index < -0.39 is 10.8 Å². The quantitative estimate of drug-likeness (QED) is 0.702. The van der Waals surface area contributed by atoms with E-state index in [2.05, 4.69) is 15.0 Å². The first-order chi connectivity index (χ1) is 12.1. The number of hydrogen-bond donors (Lipinski definition) is 0. The fourth-order valence-electron chi connectivity index (χ4n) is 2.68. The Morgan fingerprint density at radius 2 is 1.72 bits per heavy atom. The maximum atomic E-state index is 11.5. The standard InChI is InChI=1S/C14H16ClN3O2S.2C2H6/c1-8-16-12(15)11-7-10(9-3-5-21(19)6-4-9)14(20-2)18-13(11)17-8;2*1-2/h7,9H,3-6H2,1-2H3;2*1-2H3. The SMILES string of the molecule is CC.CC.COc1nc2nc(C)nc(Cl)c2cc1C1CCS(=O)CC1. The molecule has 0 N–H and O–H groups in total. The second-order valence-corrected chi connectivity index (χ2v) is 7.20. The molecule has 0 aromatic carbocycles. The van der Waals surface area contributed by atoms with Crippen LogP contribution in [0.15, 0.2) is 6.07 Å². The Kier molecular flexibility index (Phi) is 9.28. The predicted octanol–water partition coefficient (Wildman–Crippen LogP) is 4.67. The van der Waals surface area contributed by atoms with Crippen molar-refractivity contribution in [3.05, 3.63) is 22.6 Å². The zero-order valence-electron chi connectivity index (χ0n) is 15.9. The lowest BCUT2D eigenvalue weighted by Gasteiger charge is -2.23. The molecule has 0 radical (unpaired) electrons. The molecule has 0 amide bonds. The van der Waals surface area contributed by atoms with Crippen molar-refractivity contribution in [1.29, 1.82) is 0 Å². The minimum Gasteiger partial charge on any atom is -0.481 e. The largest absolute Gasteiger partial charge is 0.481 e. The molecule has 0 saturated carbocycles. The van der Waals surface area contributed by atoms with E-state index in [0.717, 1.165) is 35.3 Å². The van der Waals surface area contributed by atoms with Crippen molar-refractivity contribution in [3.63, 3.8) is 0 Å². The monoisotopic (exact) mass is 385 g/mol. The van der Waals surface area contributed by atoms with Crippen molar-refractivity contribution in [2.45, 2.75) is 53.4 Å². The van der Waals surface area contributed by atoms with Crippen LogP contribution in [-0.2, 0) is 10.8 Å². The zero-order chi connectivity index (χ0) is 19.0. The summed E-state index contributed by atoms with van der Waals surface area (Å²) in [6.07, 6.45) is 1.75. The topological polar surface area (TPSA) is 65.0 Å². The first-order valence-corrected chi connectivity index (χ1v) is 10.7. The van der Waals surface area contributed by atoms with E-state index in [1.54, 1.807) is 14.0 Å². The Labute approximate surface area is 158 Å². The highest BCUT2D eigenvalue weighted by molar-refractivity contribution is 7.85. The van der Waals surface area contributed by atoms with Gasteiger partial charge in [0.25, 0.3) is 0 Å². The third-order valence-electron chi connectivity index (χ3n) is 3.77. The van der Waals surface area contributed by atoms with Gasteiger partial charge in [0.2, 0.25) is 5.88 Å². The first-order valence-electron chi connectivity index (χ1n) is 8.82. The molecule has 0 aliphatic carbocycles. The van der Waals surface area contributed by atoms with Crippen molar-refractivity contribution < 1.29 is 8.95 Å². The molecule has 7 heteroatoms. The van der Waals surface area contributed by atoms with Gasteiger partial charge in [0.15, 0.2) is 5.65 Å². The van der Waals surface area contributed by atoms with Crippen LogP contribution in [-0.4, -0.2) is 37.8 Å². The van der Waals surface area contributed by atoms with Crippen molar-refractivity contribution in [2.75, 3.05) is 18.6 Å². The molecule has 2 aromatic heterocycles. The summed E-state index contributed by atoms with van der Waals surface area (Å²) < 4.78 is 16.9. The van der Waals surface area contributed by atoms with Crippen molar-refractivity contribution in [3.8, 4) is 5.88 Å². The smallest absolute Gasteiger partial charge is 0.218 e. The number of nitrogens with zero attached hydrogens (tertiary/aromatic N) is 3. The highest BCUT2D eigenvalue weighted by Crippen LogP contribution is 2.36. The molecular formula is C18H28ClN3O2S. The van der Waals surface area contributed by atoms with E-state index in [1.807, 2.05) is 33.8 Å². The van der Waals surface area contributed by atoms with E-state index in [-0.39, 0.29) is 0 Å². The van der Waals surface area contributed by atoms with Gasteiger partial charge in [-0.05, 0) is 31.7 Å². The van der Waals surface area contributed by atoms with Crippen LogP contribution in [0.5, 0.6) is 5.88 Å². The number of fused-ring (bicyclic) bond motifs is 1. The molecule has 0 atom stereocenters. The highest BCUT2D eigenvalue weighted by atomic mass is 35.5. The number of halogens is 1. The molecule has 1 aliphatic heterocycles. The Morgan fingerprint density at radius 1 is 1.12 bits per heavy atom. The van der Waals surface area contributed by atoms with Gasteiger partial charge in [-0.25, -0.2) is 9.97 Å². The van der Waals surface area contributed by atoms with E-state index in [0.29, 0.717) is 28.4 Å². The van der Waals surface area contributed by atoms with Crippen LogP contribution in [0.25, 0.3) is 11.0 Å². The van der Waals surface area contributed by atoms with Gasteiger partial charge >= 0.3 is 0 Å². The average Bonchev–Trinajstić information content (AvgIpc) is 2.64. The molecule has 1 aliphatic rings. The summed E-state index contributed by atoms with van der Waals surface area (Å²) in [5.41, 5.74) is 1.56. The average molecular weight is 386 g/mol. The van der Waals surface area contributed by atoms with Crippen LogP contribution >= 0.6 is 11.6 Å². The van der Waals surface area contributed by atoms with Crippen LogP contribution in [0.4, 0.5) is 0 Å².